The number of hydrogen-bond acceptors (Lipinski definition) is 4. The van der Waals surface area contributed by atoms with Crippen molar-refractivity contribution in [1.29, 1.82) is 0 Å². The van der Waals surface area contributed by atoms with Gasteiger partial charge in [0.2, 0.25) is 11.8 Å². The van der Waals surface area contributed by atoms with E-state index in [-0.39, 0.29) is 44.5 Å². The van der Waals surface area contributed by atoms with E-state index in [9.17, 15) is 18.0 Å². The molecule has 0 radical (unpaired) electrons. The molecule has 4 aromatic rings. The number of unbranched alkanes of at least 4 members (excludes halogenated alkanes) is 1. The molecule has 12 heteroatoms. The van der Waals surface area contributed by atoms with Gasteiger partial charge in [0.1, 0.15) is 12.6 Å². The lowest BCUT2D eigenvalue weighted by molar-refractivity contribution is -0.140. The van der Waals surface area contributed by atoms with Crippen molar-refractivity contribution >= 4 is 73.9 Å². The number of nitrogens with one attached hydrogen (secondary N) is 1. The molecule has 242 valence electrons. The van der Waals surface area contributed by atoms with Crippen LogP contribution in [-0.4, -0.2) is 44.3 Å². The first-order valence-electron chi connectivity index (χ1n) is 14.6. The standard InChI is InChI=1S/C34H33Cl4N3O4S/c1-2-3-19-39-34(43)31(21-24-11-6-4-7-12-24)40(22-25-17-18-27(35)29(37)20-25)32(42)23-41(30-16-10-15-28(36)33(30)38)46(44,45)26-13-8-5-9-14-26/h4-18,20,31H,2-3,19,21-23H2,1H3,(H,39,43)/t31-/m1/s1. The maximum absolute atomic E-state index is 14.5. The van der Waals surface area contributed by atoms with Crippen LogP contribution in [0.4, 0.5) is 5.69 Å². The third-order valence-electron chi connectivity index (χ3n) is 7.25. The summed E-state index contributed by atoms with van der Waals surface area (Å²) in [6.45, 7) is 1.70. The minimum Gasteiger partial charge on any atom is -0.354 e. The van der Waals surface area contributed by atoms with Crippen LogP contribution in [-0.2, 0) is 32.6 Å². The number of halogens is 4. The molecule has 0 aliphatic heterocycles. The molecule has 0 aliphatic rings. The quantitative estimate of drug-likeness (QED) is 0.134. The van der Waals surface area contributed by atoms with E-state index >= 15 is 0 Å². The first-order chi connectivity index (χ1) is 22.0. The molecule has 2 amide bonds. The highest BCUT2D eigenvalue weighted by atomic mass is 35.5. The summed E-state index contributed by atoms with van der Waals surface area (Å²) in [7, 11) is -4.33. The van der Waals surface area contributed by atoms with E-state index in [2.05, 4.69) is 5.32 Å². The highest BCUT2D eigenvalue weighted by Crippen LogP contribution is 2.36. The van der Waals surface area contributed by atoms with Crippen molar-refractivity contribution in [3.8, 4) is 0 Å². The average Bonchev–Trinajstić information content (AvgIpc) is 3.05. The van der Waals surface area contributed by atoms with Gasteiger partial charge < -0.3 is 10.2 Å². The van der Waals surface area contributed by atoms with Crippen LogP contribution in [0.1, 0.15) is 30.9 Å². The summed E-state index contributed by atoms with van der Waals surface area (Å²) in [5, 5.41) is 3.64. The van der Waals surface area contributed by atoms with Gasteiger partial charge in [0, 0.05) is 19.5 Å². The Bertz CT molecular complexity index is 1760. The number of amides is 2. The van der Waals surface area contributed by atoms with Gasteiger partial charge in [-0.3, -0.25) is 13.9 Å². The van der Waals surface area contributed by atoms with Crippen LogP contribution in [0.5, 0.6) is 0 Å². The van der Waals surface area contributed by atoms with E-state index in [1.807, 2.05) is 37.3 Å². The van der Waals surface area contributed by atoms with Crippen molar-refractivity contribution in [2.75, 3.05) is 17.4 Å². The number of benzene rings is 4. The monoisotopic (exact) mass is 719 g/mol. The van der Waals surface area contributed by atoms with Gasteiger partial charge in [-0.05, 0) is 53.9 Å². The van der Waals surface area contributed by atoms with Gasteiger partial charge in [-0.15, -0.1) is 0 Å². The Balaban J connectivity index is 1.83. The molecule has 46 heavy (non-hydrogen) atoms. The molecule has 4 rings (SSSR count). The van der Waals surface area contributed by atoms with Crippen LogP contribution in [0.25, 0.3) is 0 Å². The molecule has 0 saturated heterocycles. The zero-order valence-electron chi connectivity index (χ0n) is 25.0. The zero-order chi connectivity index (χ0) is 33.3. The Hall–Kier alpha value is -3.27. The fourth-order valence-corrected chi connectivity index (χ4v) is 7.03. The second kappa shape index (κ2) is 16.5. The molecule has 0 bridgehead atoms. The van der Waals surface area contributed by atoms with E-state index < -0.39 is 28.5 Å². The number of sulfonamides is 1. The minimum atomic E-state index is -4.33. The molecular weight excluding hydrogens is 688 g/mol. The number of hydrogen-bond donors (Lipinski definition) is 1. The lowest BCUT2D eigenvalue weighted by Gasteiger charge is -2.34. The highest BCUT2D eigenvalue weighted by Gasteiger charge is 2.35. The molecule has 0 spiro atoms. The second-order valence-corrected chi connectivity index (χ2v) is 14.0. The Morgan fingerprint density at radius 3 is 2.11 bits per heavy atom. The normalized spacial score (nSPS) is 11.9. The Kier molecular flexibility index (Phi) is 12.8. The van der Waals surface area contributed by atoms with Gasteiger partial charge in [-0.2, -0.15) is 0 Å². The number of carbonyl (C=O) groups is 2. The predicted molar refractivity (Wildman–Crippen MR) is 186 cm³/mol. The average molecular weight is 722 g/mol. The van der Waals surface area contributed by atoms with E-state index in [0.29, 0.717) is 17.1 Å². The third kappa shape index (κ3) is 8.96. The molecule has 0 fully saturated rings. The summed E-state index contributed by atoms with van der Waals surface area (Å²) < 4.78 is 29.1. The lowest BCUT2D eigenvalue weighted by Crippen LogP contribution is -2.53. The van der Waals surface area contributed by atoms with Crippen LogP contribution in [0, 0.1) is 0 Å². The SMILES string of the molecule is CCCCNC(=O)[C@@H](Cc1ccccc1)N(Cc1ccc(Cl)c(Cl)c1)C(=O)CN(c1cccc(Cl)c1Cl)S(=O)(=O)c1ccccc1. The number of nitrogens with zero attached hydrogens (tertiary/aromatic N) is 2. The predicted octanol–water partition coefficient (Wildman–Crippen LogP) is 8.05. The summed E-state index contributed by atoms with van der Waals surface area (Å²) in [6, 6.07) is 25.5. The molecular formula is C34H33Cl4N3O4S. The van der Waals surface area contributed by atoms with Gasteiger partial charge >= 0.3 is 0 Å². The van der Waals surface area contributed by atoms with Gasteiger partial charge in [-0.1, -0.05) is 120 Å². The van der Waals surface area contributed by atoms with Crippen LogP contribution in [0.3, 0.4) is 0 Å². The molecule has 0 unspecified atom stereocenters. The highest BCUT2D eigenvalue weighted by molar-refractivity contribution is 7.92. The molecule has 4 aromatic carbocycles. The van der Waals surface area contributed by atoms with Crippen molar-refractivity contribution in [2.24, 2.45) is 0 Å². The van der Waals surface area contributed by atoms with Crippen molar-refractivity contribution < 1.29 is 18.0 Å². The fraction of sp³-hybridized carbons (Fsp3) is 0.235. The number of rotatable bonds is 14. The topological polar surface area (TPSA) is 86.8 Å². The maximum atomic E-state index is 14.5. The summed E-state index contributed by atoms with van der Waals surface area (Å²) in [5.74, 6) is -1.02. The van der Waals surface area contributed by atoms with Gasteiger partial charge in [-0.25, -0.2) is 8.42 Å². The van der Waals surface area contributed by atoms with Crippen LogP contribution in [0.2, 0.25) is 20.1 Å². The Morgan fingerprint density at radius 2 is 1.46 bits per heavy atom. The van der Waals surface area contributed by atoms with Gasteiger partial charge in [0.15, 0.2) is 0 Å². The fourth-order valence-electron chi connectivity index (χ4n) is 4.81. The Morgan fingerprint density at radius 1 is 0.783 bits per heavy atom. The van der Waals surface area contributed by atoms with Gasteiger partial charge in [0.25, 0.3) is 10.0 Å². The first-order valence-corrected chi connectivity index (χ1v) is 17.5. The maximum Gasteiger partial charge on any atom is 0.264 e. The molecule has 1 atom stereocenters. The number of carbonyl (C=O) groups excluding carboxylic acids is 2. The summed E-state index contributed by atoms with van der Waals surface area (Å²) in [6.07, 6.45) is 1.79. The van der Waals surface area contributed by atoms with Crippen LogP contribution in [0.15, 0.2) is 102 Å². The molecule has 0 aromatic heterocycles. The van der Waals surface area contributed by atoms with Crippen molar-refractivity contribution in [3.05, 3.63) is 128 Å². The second-order valence-electron chi connectivity index (χ2n) is 10.5. The third-order valence-corrected chi connectivity index (χ3v) is 10.6. The summed E-state index contributed by atoms with van der Waals surface area (Å²) in [4.78, 5) is 29.7. The van der Waals surface area contributed by atoms with E-state index in [1.54, 1.807) is 42.5 Å². The minimum absolute atomic E-state index is 0.0212. The largest absolute Gasteiger partial charge is 0.354 e. The van der Waals surface area contributed by atoms with E-state index in [0.717, 1.165) is 22.7 Å². The van der Waals surface area contributed by atoms with Gasteiger partial charge in [0.05, 0.1) is 30.7 Å². The summed E-state index contributed by atoms with van der Waals surface area (Å²) in [5.41, 5.74) is 1.44. The first kappa shape index (κ1) is 35.6. The molecule has 7 nitrogen and oxygen atoms in total. The zero-order valence-corrected chi connectivity index (χ0v) is 28.8. The number of anilines is 1. The molecule has 0 saturated carbocycles. The van der Waals surface area contributed by atoms with E-state index in [1.165, 1.54) is 29.2 Å². The Labute approximate surface area is 290 Å². The molecule has 1 N–H and O–H groups in total. The van der Waals surface area contributed by atoms with Crippen molar-refractivity contribution in [3.63, 3.8) is 0 Å². The van der Waals surface area contributed by atoms with Crippen LogP contribution >= 0.6 is 46.4 Å². The van der Waals surface area contributed by atoms with Crippen molar-refractivity contribution in [1.82, 2.24) is 10.2 Å². The smallest absolute Gasteiger partial charge is 0.264 e. The lowest BCUT2D eigenvalue weighted by atomic mass is 10.0. The molecule has 0 heterocycles. The molecule has 0 aliphatic carbocycles. The summed E-state index contributed by atoms with van der Waals surface area (Å²) >= 11 is 25.3. The van der Waals surface area contributed by atoms with Crippen molar-refractivity contribution in [2.45, 2.75) is 43.7 Å². The van der Waals surface area contributed by atoms with E-state index in [4.69, 9.17) is 46.4 Å². The van der Waals surface area contributed by atoms with Crippen LogP contribution < -0.4 is 9.62 Å².